The molecule has 1 heterocycles. The molecule has 0 saturated carbocycles. The van der Waals surface area contributed by atoms with Crippen LogP contribution >= 0.6 is 22.9 Å². The summed E-state index contributed by atoms with van der Waals surface area (Å²) in [5.41, 5.74) is 1.21. The highest BCUT2D eigenvalue weighted by Crippen LogP contribution is 2.12. The molecular weight excluding hydrogens is 328 g/mol. The summed E-state index contributed by atoms with van der Waals surface area (Å²) in [6, 6.07) is 7.92. The van der Waals surface area contributed by atoms with Crippen molar-refractivity contribution in [2.75, 3.05) is 20.1 Å². The topological polar surface area (TPSA) is 40.5 Å². The summed E-state index contributed by atoms with van der Waals surface area (Å²) >= 11 is 7.67. The fourth-order valence-electron chi connectivity index (χ4n) is 2.18. The Kier molecular flexibility index (Phi) is 6.86. The zero-order valence-electron chi connectivity index (χ0n) is 13.8. The van der Waals surface area contributed by atoms with E-state index in [0.717, 1.165) is 42.0 Å². The van der Waals surface area contributed by atoms with Gasteiger partial charge in [0.25, 0.3) is 0 Å². The number of aromatic nitrogens is 1. The Labute approximate surface area is 147 Å². The minimum atomic E-state index is 0.736. The Morgan fingerprint density at radius 2 is 2.09 bits per heavy atom. The van der Waals surface area contributed by atoms with Crippen molar-refractivity contribution in [2.24, 2.45) is 4.99 Å². The van der Waals surface area contributed by atoms with Gasteiger partial charge in [-0.25, -0.2) is 4.98 Å². The Morgan fingerprint density at radius 1 is 1.35 bits per heavy atom. The Bertz CT molecular complexity index is 636. The van der Waals surface area contributed by atoms with Gasteiger partial charge >= 0.3 is 0 Å². The minimum absolute atomic E-state index is 0.736. The number of hydrogen-bond acceptors (Lipinski definition) is 3. The van der Waals surface area contributed by atoms with E-state index in [4.69, 9.17) is 16.6 Å². The fourth-order valence-corrected chi connectivity index (χ4v) is 3.08. The maximum absolute atomic E-state index is 5.93. The maximum Gasteiger partial charge on any atom is 0.193 e. The van der Waals surface area contributed by atoms with Gasteiger partial charge in [0.2, 0.25) is 0 Å². The van der Waals surface area contributed by atoms with Crippen LogP contribution in [-0.2, 0) is 13.0 Å². The SMILES string of the molecule is CCNC(=NCCc1ncc(C)s1)N(C)Cc1ccc(Cl)cc1. The second-order valence-corrected chi connectivity index (χ2v) is 7.09. The Balaban J connectivity index is 1.95. The number of nitrogens with one attached hydrogen (secondary N) is 1. The number of thiazole rings is 1. The molecule has 0 aliphatic heterocycles. The molecule has 0 unspecified atom stereocenters. The van der Waals surface area contributed by atoms with Crippen LogP contribution in [0.3, 0.4) is 0 Å². The summed E-state index contributed by atoms with van der Waals surface area (Å²) in [4.78, 5) is 12.5. The van der Waals surface area contributed by atoms with Crippen LogP contribution in [0, 0.1) is 6.92 Å². The van der Waals surface area contributed by atoms with Crippen LogP contribution in [-0.4, -0.2) is 36.0 Å². The predicted molar refractivity (Wildman–Crippen MR) is 99.5 cm³/mol. The molecule has 2 aromatic rings. The van der Waals surface area contributed by atoms with Gasteiger partial charge in [0.05, 0.1) is 5.01 Å². The molecule has 0 atom stereocenters. The minimum Gasteiger partial charge on any atom is -0.357 e. The number of benzene rings is 1. The molecule has 1 aromatic carbocycles. The predicted octanol–water partition coefficient (Wildman–Crippen LogP) is 3.74. The van der Waals surface area contributed by atoms with Gasteiger partial charge in [-0.05, 0) is 31.5 Å². The molecule has 1 N–H and O–H groups in total. The van der Waals surface area contributed by atoms with E-state index in [1.165, 1.54) is 10.4 Å². The van der Waals surface area contributed by atoms with Gasteiger partial charge in [0, 0.05) is 49.2 Å². The van der Waals surface area contributed by atoms with Crippen molar-refractivity contribution >= 4 is 28.9 Å². The molecule has 0 spiro atoms. The summed E-state index contributed by atoms with van der Waals surface area (Å²) in [6.45, 7) is 6.53. The van der Waals surface area contributed by atoms with Crippen LogP contribution < -0.4 is 5.32 Å². The monoisotopic (exact) mass is 350 g/mol. The average Bonchev–Trinajstić information content (AvgIpc) is 2.94. The fraction of sp³-hybridized carbons (Fsp3) is 0.412. The third-order valence-corrected chi connectivity index (χ3v) is 4.51. The van der Waals surface area contributed by atoms with Crippen molar-refractivity contribution in [1.29, 1.82) is 0 Å². The average molecular weight is 351 g/mol. The molecule has 0 aliphatic carbocycles. The second-order valence-electron chi connectivity index (χ2n) is 5.33. The largest absolute Gasteiger partial charge is 0.357 e. The van der Waals surface area contributed by atoms with E-state index in [9.17, 15) is 0 Å². The van der Waals surface area contributed by atoms with Gasteiger partial charge in [-0.1, -0.05) is 23.7 Å². The summed E-state index contributed by atoms with van der Waals surface area (Å²) in [5.74, 6) is 0.913. The van der Waals surface area contributed by atoms with Crippen molar-refractivity contribution in [3.05, 3.63) is 50.9 Å². The van der Waals surface area contributed by atoms with Crippen molar-refractivity contribution in [3.8, 4) is 0 Å². The first-order valence-electron chi connectivity index (χ1n) is 7.73. The molecule has 0 bridgehead atoms. The first kappa shape index (κ1) is 17.8. The first-order valence-corrected chi connectivity index (χ1v) is 8.93. The lowest BCUT2D eigenvalue weighted by atomic mass is 10.2. The molecule has 0 aliphatic rings. The smallest absolute Gasteiger partial charge is 0.193 e. The van der Waals surface area contributed by atoms with Crippen molar-refractivity contribution < 1.29 is 0 Å². The summed E-state index contributed by atoms with van der Waals surface area (Å²) < 4.78 is 0. The molecule has 0 saturated heterocycles. The second kappa shape index (κ2) is 8.89. The van der Waals surface area contributed by atoms with E-state index in [1.807, 2.05) is 37.5 Å². The first-order chi connectivity index (χ1) is 11.1. The molecule has 2 rings (SSSR count). The lowest BCUT2D eigenvalue weighted by Crippen LogP contribution is -2.38. The molecule has 0 fully saturated rings. The highest BCUT2D eigenvalue weighted by atomic mass is 35.5. The van der Waals surface area contributed by atoms with E-state index in [-0.39, 0.29) is 0 Å². The lowest BCUT2D eigenvalue weighted by Gasteiger charge is -2.22. The van der Waals surface area contributed by atoms with Crippen LogP contribution in [0.2, 0.25) is 5.02 Å². The molecule has 124 valence electrons. The van der Waals surface area contributed by atoms with Gasteiger partial charge < -0.3 is 10.2 Å². The quantitative estimate of drug-likeness (QED) is 0.637. The molecule has 0 radical (unpaired) electrons. The van der Waals surface area contributed by atoms with E-state index in [2.05, 4.69) is 29.0 Å². The molecule has 6 heteroatoms. The number of aliphatic imine (C=N–C) groups is 1. The number of aryl methyl sites for hydroxylation is 1. The number of halogens is 1. The van der Waals surface area contributed by atoms with E-state index >= 15 is 0 Å². The van der Waals surface area contributed by atoms with Crippen molar-refractivity contribution in [2.45, 2.75) is 26.8 Å². The number of hydrogen-bond donors (Lipinski definition) is 1. The molecule has 23 heavy (non-hydrogen) atoms. The van der Waals surface area contributed by atoms with E-state index in [1.54, 1.807) is 11.3 Å². The summed E-state index contributed by atoms with van der Waals surface area (Å²) in [5, 5.41) is 5.24. The third-order valence-electron chi connectivity index (χ3n) is 3.29. The molecule has 4 nitrogen and oxygen atoms in total. The highest BCUT2D eigenvalue weighted by Gasteiger charge is 2.07. The number of nitrogens with zero attached hydrogens (tertiary/aromatic N) is 3. The van der Waals surface area contributed by atoms with Crippen LogP contribution in [0.5, 0.6) is 0 Å². The van der Waals surface area contributed by atoms with E-state index in [0.29, 0.717) is 0 Å². The van der Waals surface area contributed by atoms with Crippen LogP contribution in [0.1, 0.15) is 22.4 Å². The Morgan fingerprint density at radius 3 is 2.70 bits per heavy atom. The van der Waals surface area contributed by atoms with Crippen LogP contribution in [0.4, 0.5) is 0 Å². The zero-order chi connectivity index (χ0) is 16.7. The van der Waals surface area contributed by atoms with Crippen molar-refractivity contribution in [3.63, 3.8) is 0 Å². The lowest BCUT2D eigenvalue weighted by molar-refractivity contribution is 0.477. The van der Waals surface area contributed by atoms with Gasteiger partial charge in [-0.15, -0.1) is 11.3 Å². The van der Waals surface area contributed by atoms with Crippen LogP contribution in [0.15, 0.2) is 35.5 Å². The number of guanidine groups is 1. The van der Waals surface area contributed by atoms with Gasteiger partial charge in [0.15, 0.2) is 5.96 Å². The van der Waals surface area contributed by atoms with E-state index < -0.39 is 0 Å². The zero-order valence-corrected chi connectivity index (χ0v) is 15.4. The number of rotatable bonds is 6. The van der Waals surface area contributed by atoms with Gasteiger partial charge in [-0.2, -0.15) is 0 Å². The molecule has 1 aromatic heterocycles. The summed E-state index contributed by atoms with van der Waals surface area (Å²) in [7, 11) is 2.05. The maximum atomic E-state index is 5.93. The molecular formula is C17H23ClN4S. The van der Waals surface area contributed by atoms with Crippen LogP contribution in [0.25, 0.3) is 0 Å². The highest BCUT2D eigenvalue weighted by molar-refractivity contribution is 7.11. The third kappa shape index (κ3) is 5.84. The molecule has 0 amide bonds. The van der Waals surface area contributed by atoms with Gasteiger partial charge in [-0.3, -0.25) is 4.99 Å². The standard InChI is InChI=1S/C17H23ClN4S/c1-4-19-17(20-10-9-16-21-11-13(2)23-16)22(3)12-14-5-7-15(18)8-6-14/h5-8,11H,4,9-10,12H2,1-3H3,(H,19,20). The summed E-state index contributed by atoms with van der Waals surface area (Å²) in [6.07, 6.45) is 2.80. The van der Waals surface area contributed by atoms with Gasteiger partial charge in [0.1, 0.15) is 0 Å². The Hall–Kier alpha value is -1.59. The normalized spacial score (nSPS) is 11.6. The van der Waals surface area contributed by atoms with Crippen molar-refractivity contribution in [1.82, 2.24) is 15.2 Å².